The van der Waals surface area contributed by atoms with E-state index in [1.165, 1.54) is 11.3 Å². The molecule has 0 amide bonds. The Morgan fingerprint density at radius 2 is 1.87 bits per heavy atom. The van der Waals surface area contributed by atoms with Crippen molar-refractivity contribution in [2.45, 2.75) is 12.8 Å². The van der Waals surface area contributed by atoms with Crippen LogP contribution in [0.25, 0.3) is 0 Å². The van der Waals surface area contributed by atoms with E-state index < -0.39 is 0 Å². The lowest BCUT2D eigenvalue weighted by Gasteiger charge is -2.33. The summed E-state index contributed by atoms with van der Waals surface area (Å²) >= 11 is 6.32. The van der Waals surface area contributed by atoms with Crippen LogP contribution in [-0.2, 0) is 11.2 Å². The highest BCUT2D eigenvalue weighted by Crippen LogP contribution is 2.35. The molecule has 3 heterocycles. The summed E-state index contributed by atoms with van der Waals surface area (Å²) in [6.07, 6.45) is 2.30. The second kappa shape index (κ2) is 6.38. The molecular weight excluding hydrogens is 310 g/mol. The van der Waals surface area contributed by atoms with E-state index in [-0.39, 0.29) is 0 Å². The molecule has 1 aromatic heterocycles. The third-order valence-electron chi connectivity index (χ3n) is 4.52. The van der Waals surface area contributed by atoms with E-state index in [4.69, 9.17) is 16.3 Å². The monoisotopic (exact) mass is 329 g/mol. The van der Waals surface area contributed by atoms with Crippen molar-refractivity contribution < 1.29 is 4.74 Å². The van der Waals surface area contributed by atoms with E-state index in [1.807, 2.05) is 6.07 Å². The van der Waals surface area contributed by atoms with Gasteiger partial charge >= 0.3 is 0 Å². The van der Waals surface area contributed by atoms with Crippen LogP contribution in [0.5, 0.6) is 0 Å². The molecule has 0 radical (unpaired) electrons. The van der Waals surface area contributed by atoms with Crippen LogP contribution in [0, 0.1) is 0 Å². The molecule has 0 unspecified atom stereocenters. The van der Waals surface area contributed by atoms with Gasteiger partial charge in [-0.05, 0) is 30.5 Å². The SMILES string of the molecule is Clc1cc(N2CCCc3ccccc32)cc(N2CCOCC2)n1. The normalized spacial score (nSPS) is 18.0. The van der Waals surface area contributed by atoms with Crippen LogP contribution in [0.3, 0.4) is 0 Å². The maximum atomic E-state index is 6.32. The average molecular weight is 330 g/mol. The Morgan fingerprint density at radius 3 is 2.74 bits per heavy atom. The predicted octanol–water partition coefficient (Wildman–Crippen LogP) is 3.66. The van der Waals surface area contributed by atoms with Gasteiger partial charge in [0.15, 0.2) is 0 Å². The molecule has 4 rings (SSSR count). The molecule has 1 fully saturated rings. The summed E-state index contributed by atoms with van der Waals surface area (Å²) in [6.45, 7) is 4.23. The third-order valence-corrected chi connectivity index (χ3v) is 4.72. The molecule has 1 saturated heterocycles. The molecule has 0 N–H and O–H groups in total. The van der Waals surface area contributed by atoms with Gasteiger partial charge in [0.1, 0.15) is 11.0 Å². The van der Waals surface area contributed by atoms with Gasteiger partial charge in [0, 0.05) is 37.1 Å². The molecule has 5 heteroatoms. The van der Waals surface area contributed by atoms with Gasteiger partial charge in [0.05, 0.1) is 13.2 Å². The Kier molecular flexibility index (Phi) is 4.10. The molecule has 120 valence electrons. The molecule has 0 spiro atoms. The molecular formula is C18H20ClN3O. The summed E-state index contributed by atoms with van der Waals surface area (Å²) in [5.41, 5.74) is 3.81. The van der Waals surface area contributed by atoms with Crippen LogP contribution in [-0.4, -0.2) is 37.8 Å². The highest BCUT2D eigenvalue weighted by Gasteiger charge is 2.20. The van der Waals surface area contributed by atoms with Crippen molar-refractivity contribution in [1.29, 1.82) is 0 Å². The Morgan fingerprint density at radius 1 is 1.04 bits per heavy atom. The van der Waals surface area contributed by atoms with Gasteiger partial charge in [-0.15, -0.1) is 0 Å². The first kappa shape index (κ1) is 14.8. The predicted molar refractivity (Wildman–Crippen MR) is 94.0 cm³/mol. The standard InChI is InChI=1S/C18H20ClN3O/c19-17-12-15(13-18(20-17)21-8-10-23-11-9-21)22-7-3-5-14-4-1-2-6-16(14)22/h1-2,4,6,12-13H,3,5,7-11H2. The van der Waals surface area contributed by atoms with Crippen molar-refractivity contribution in [3.8, 4) is 0 Å². The van der Waals surface area contributed by atoms with Crippen LogP contribution in [0.1, 0.15) is 12.0 Å². The van der Waals surface area contributed by atoms with Gasteiger partial charge in [0.25, 0.3) is 0 Å². The van der Waals surface area contributed by atoms with E-state index in [0.717, 1.165) is 57.2 Å². The Labute approximate surface area is 141 Å². The minimum atomic E-state index is 0.548. The van der Waals surface area contributed by atoms with Crippen LogP contribution in [0.15, 0.2) is 36.4 Å². The number of hydrogen-bond donors (Lipinski definition) is 0. The maximum absolute atomic E-state index is 6.32. The quantitative estimate of drug-likeness (QED) is 0.786. The fourth-order valence-electron chi connectivity index (χ4n) is 3.38. The van der Waals surface area contributed by atoms with Crippen LogP contribution < -0.4 is 9.80 Å². The lowest BCUT2D eigenvalue weighted by atomic mass is 10.0. The van der Waals surface area contributed by atoms with Gasteiger partial charge in [-0.25, -0.2) is 4.98 Å². The first-order valence-electron chi connectivity index (χ1n) is 8.17. The van der Waals surface area contributed by atoms with E-state index in [2.05, 4.69) is 45.1 Å². The van der Waals surface area contributed by atoms with Crippen molar-refractivity contribution in [2.75, 3.05) is 42.6 Å². The highest BCUT2D eigenvalue weighted by molar-refractivity contribution is 6.29. The maximum Gasteiger partial charge on any atom is 0.133 e. The number of hydrogen-bond acceptors (Lipinski definition) is 4. The number of benzene rings is 1. The number of halogens is 1. The molecule has 0 atom stereocenters. The van der Waals surface area contributed by atoms with E-state index in [9.17, 15) is 0 Å². The zero-order valence-electron chi connectivity index (χ0n) is 13.0. The van der Waals surface area contributed by atoms with Gasteiger partial charge < -0.3 is 14.5 Å². The van der Waals surface area contributed by atoms with Gasteiger partial charge in [-0.3, -0.25) is 0 Å². The number of pyridine rings is 1. The largest absolute Gasteiger partial charge is 0.378 e. The Balaban J connectivity index is 1.71. The summed E-state index contributed by atoms with van der Waals surface area (Å²) in [4.78, 5) is 9.12. The first-order valence-corrected chi connectivity index (χ1v) is 8.55. The van der Waals surface area contributed by atoms with Gasteiger partial charge in [-0.2, -0.15) is 0 Å². The molecule has 4 nitrogen and oxygen atoms in total. The summed E-state index contributed by atoms with van der Waals surface area (Å²) in [5, 5.41) is 0.548. The summed E-state index contributed by atoms with van der Waals surface area (Å²) in [5.74, 6) is 0.943. The number of morpholine rings is 1. The topological polar surface area (TPSA) is 28.6 Å². The Hall–Kier alpha value is -1.78. The summed E-state index contributed by atoms with van der Waals surface area (Å²) in [7, 11) is 0. The zero-order chi connectivity index (χ0) is 15.6. The van der Waals surface area contributed by atoms with Crippen LogP contribution in [0.2, 0.25) is 5.15 Å². The van der Waals surface area contributed by atoms with Crippen molar-refractivity contribution in [1.82, 2.24) is 4.98 Å². The zero-order valence-corrected chi connectivity index (χ0v) is 13.8. The van der Waals surface area contributed by atoms with Gasteiger partial charge in [0.2, 0.25) is 0 Å². The number of ether oxygens (including phenoxy) is 1. The number of nitrogens with zero attached hydrogens (tertiary/aromatic N) is 3. The number of fused-ring (bicyclic) bond motifs is 1. The summed E-state index contributed by atoms with van der Waals surface area (Å²) in [6, 6.07) is 12.7. The molecule has 23 heavy (non-hydrogen) atoms. The molecule has 0 saturated carbocycles. The van der Waals surface area contributed by atoms with Crippen molar-refractivity contribution in [3.63, 3.8) is 0 Å². The van der Waals surface area contributed by atoms with Gasteiger partial charge in [-0.1, -0.05) is 29.8 Å². The van der Waals surface area contributed by atoms with Crippen LogP contribution in [0.4, 0.5) is 17.2 Å². The average Bonchev–Trinajstić information content (AvgIpc) is 2.61. The van der Waals surface area contributed by atoms with Crippen molar-refractivity contribution in [3.05, 3.63) is 47.1 Å². The van der Waals surface area contributed by atoms with E-state index >= 15 is 0 Å². The van der Waals surface area contributed by atoms with Crippen LogP contribution >= 0.6 is 11.6 Å². The summed E-state index contributed by atoms with van der Waals surface area (Å²) < 4.78 is 5.43. The van der Waals surface area contributed by atoms with Crippen molar-refractivity contribution in [2.24, 2.45) is 0 Å². The second-order valence-electron chi connectivity index (χ2n) is 5.99. The number of aromatic nitrogens is 1. The molecule has 0 aliphatic carbocycles. The van der Waals surface area contributed by atoms with E-state index in [1.54, 1.807) is 0 Å². The molecule has 2 aliphatic heterocycles. The number of para-hydroxylation sites is 1. The molecule has 0 bridgehead atoms. The first-order chi connectivity index (χ1) is 11.3. The second-order valence-corrected chi connectivity index (χ2v) is 6.38. The van der Waals surface area contributed by atoms with E-state index in [0.29, 0.717) is 5.15 Å². The third kappa shape index (κ3) is 3.01. The van der Waals surface area contributed by atoms with Crippen molar-refractivity contribution >= 4 is 28.8 Å². The lowest BCUT2D eigenvalue weighted by Crippen LogP contribution is -2.37. The molecule has 2 aliphatic rings. The minimum absolute atomic E-state index is 0.548. The molecule has 2 aromatic rings. The fraction of sp³-hybridized carbons (Fsp3) is 0.389. The number of anilines is 3. The fourth-order valence-corrected chi connectivity index (χ4v) is 3.58. The minimum Gasteiger partial charge on any atom is -0.378 e. The highest BCUT2D eigenvalue weighted by atomic mass is 35.5. The number of aryl methyl sites for hydroxylation is 1. The number of rotatable bonds is 2. The Bertz CT molecular complexity index is 700. The smallest absolute Gasteiger partial charge is 0.133 e. The molecule has 1 aromatic carbocycles. The lowest BCUT2D eigenvalue weighted by molar-refractivity contribution is 0.122.